The number of aryl methyl sites for hydroxylation is 1. The Morgan fingerprint density at radius 3 is 1.90 bits per heavy atom. The van der Waals surface area contributed by atoms with Crippen molar-refractivity contribution in [3.8, 4) is 17.6 Å². The van der Waals surface area contributed by atoms with Crippen molar-refractivity contribution in [2.45, 2.75) is 6.92 Å². The molecule has 5 nitrogen and oxygen atoms in total. The number of hydrogen-bond donors (Lipinski definition) is 1. The van der Waals surface area contributed by atoms with Gasteiger partial charge in [-0.1, -0.05) is 0 Å². The second-order valence-corrected chi connectivity index (χ2v) is 5.87. The van der Waals surface area contributed by atoms with Crippen molar-refractivity contribution in [3.05, 3.63) is 75.2 Å². The van der Waals surface area contributed by atoms with Gasteiger partial charge in [0.1, 0.15) is 22.9 Å². The summed E-state index contributed by atoms with van der Waals surface area (Å²) >= 11 is 0. The molecule has 0 bridgehead atoms. The summed E-state index contributed by atoms with van der Waals surface area (Å²) in [4.78, 5) is 12.5. The van der Waals surface area contributed by atoms with Crippen LogP contribution in [0.25, 0.3) is 5.69 Å². The second kappa shape index (κ2) is 8.41. The second-order valence-electron chi connectivity index (χ2n) is 5.87. The Hall–Kier alpha value is -3.36. The number of rotatable bonds is 3. The molecule has 3 rings (SSSR count). The molecule has 0 aliphatic rings. The van der Waals surface area contributed by atoms with E-state index in [4.69, 9.17) is 5.26 Å². The van der Waals surface area contributed by atoms with Crippen LogP contribution in [0.15, 0.2) is 12.1 Å². The van der Waals surface area contributed by atoms with Crippen LogP contribution in [-0.2, 0) is 17.1 Å². The Labute approximate surface area is 178 Å². The fraction of sp³-hybridized carbons (Fsp3) is 0.0556. The first kappa shape index (κ1) is 23.9. The van der Waals surface area contributed by atoms with Gasteiger partial charge in [-0.3, -0.25) is 4.79 Å². The van der Waals surface area contributed by atoms with Crippen LogP contribution in [-0.4, -0.2) is 20.7 Å². The monoisotopic (exact) mass is 484 g/mol. The van der Waals surface area contributed by atoms with Gasteiger partial charge in [0.05, 0.1) is 5.69 Å². The van der Waals surface area contributed by atoms with Crippen molar-refractivity contribution in [2.24, 2.45) is 0 Å². The number of aromatic hydroxyl groups is 1. The van der Waals surface area contributed by atoms with Crippen LogP contribution < -0.4 is 0 Å². The zero-order valence-corrected chi connectivity index (χ0v) is 16.1. The Kier molecular flexibility index (Phi) is 6.49. The standard InChI is InChI=1S/C18H6F7N3O2.Mn/c1-5-10(17(29)6-2-8(19)13(23)9(20)3-6)18(30)28(27-5)16-14(24)11(21)7(4-26)12(22)15(16)25;/h2-3,30H,1H3;. The van der Waals surface area contributed by atoms with E-state index >= 15 is 0 Å². The van der Waals surface area contributed by atoms with Gasteiger partial charge in [-0.05, 0) is 19.1 Å². The number of carbonyl (C=O) groups is 1. The molecular formula is C18H6F7MnN3O2. The molecule has 0 saturated carbocycles. The summed E-state index contributed by atoms with van der Waals surface area (Å²) in [5, 5.41) is 22.3. The topological polar surface area (TPSA) is 78.9 Å². The Morgan fingerprint density at radius 2 is 1.45 bits per heavy atom. The summed E-state index contributed by atoms with van der Waals surface area (Å²) < 4.78 is 96.0. The maximum Gasteiger partial charge on any atom is 0.226 e. The fourth-order valence-corrected chi connectivity index (χ4v) is 2.67. The van der Waals surface area contributed by atoms with E-state index in [2.05, 4.69) is 5.10 Å². The van der Waals surface area contributed by atoms with Gasteiger partial charge in [-0.15, -0.1) is 0 Å². The maximum absolute atomic E-state index is 14.2. The minimum atomic E-state index is -2.10. The van der Waals surface area contributed by atoms with E-state index in [1.807, 2.05) is 0 Å². The van der Waals surface area contributed by atoms with Crippen molar-refractivity contribution < 1.29 is 57.7 Å². The molecule has 0 saturated heterocycles. The zero-order chi connectivity index (χ0) is 22.5. The largest absolute Gasteiger partial charge is 0.493 e. The minimum absolute atomic E-state index is 0. The Balaban J connectivity index is 0.00000341. The number of hydrogen-bond acceptors (Lipinski definition) is 4. The number of carbonyl (C=O) groups excluding carboxylic acids is 1. The molecule has 0 unspecified atom stereocenters. The third-order valence-corrected chi connectivity index (χ3v) is 4.07. The third-order valence-electron chi connectivity index (χ3n) is 4.07. The van der Waals surface area contributed by atoms with Crippen molar-refractivity contribution in [2.75, 3.05) is 0 Å². The van der Waals surface area contributed by atoms with Crippen molar-refractivity contribution in [1.29, 1.82) is 5.26 Å². The SMILES string of the molecule is Cc1nn(-c2c(F)c(F)c(C#N)c(F)c2F)c(O)c1C(=O)c1cc(F)c(F)c(F)c1.[Mn]. The van der Waals surface area contributed by atoms with Gasteiger partial charge >= 0.3 is 0 Å². The molecule has 0 atom stereocenters. The number of aromatic nitrogens is 2. The van der Waals surface area contributed by atoms with Gasteiger partial charge in [0.15, 0.2) is 40.7 Å². The summed E-state index contributed by atoms with van der Waals surface area (Å²) in [5.74, 6) is -16.3. The van der Waals surface area contributed by atoms with E-state index in [0.717, 1.165) is 13.0 Å². The molecule has 0 fully saturated rings. The van der Waals surface area contributed by atoms with E-state index < -0.39 is 80.5 Å². The average molecular weight is 484 g/mol. The molecule has 1 aromatic heterocycles. The van der Waals surface area contributed by atoms with E-state index in [1.54, 1.807) is 0 Å². The smallest absolute Gasteiger partial charge is 0.226 e. The van der Waals surface area contributed by atoms with E-state index in [9.17, 15) is 40.6 Å². The van der Waals surface area contributed by atoms with E-state index in [0.29, 0.717) is 12.1 Å². The minimum Gasteiger partial charge on any atom is -0.493 e. The van der Waals surface area contributed by atoms with Crippen LogP contribution in [0, 0.1) is 59.0 Å². The number of nitriles is 1. The van der Waals surface area contributed by atoms with E-state index in [-0.39, 0.29) is 21.8 Å². The Bertz CT molecular complexity index is 1230. The molecule has 0 aliphatic carbocycles. The molecule has 0 amide bonds. The van der Waals surface area contributed by atoms with Gasteiger partial charge < -0.3 is 5.11 Å². The van der Waals surface area contributed by atoms with Crippen molar-refractivity contribution >= 4 is 5.78 Å². The van der Waals surface area contributed by atoms with Gasteiger partial charge in [-0.2, -0.15) is 15.0 Å². The van der Waals surface area contributed by atoms with Gasteiger partial charge in [0.2, 0.25) is 11.7 Å². The molecular weight excluding hydrogens is 478 g/mol. The average Bonchev–Trinajstić information content (AvgIpc) is 2.98. The predicted molar refractivity (Wildman–Crippen MR) is 84.3 cm³/mol. The molecule has 0 spiro atoms. The summed E-state index contributed by atoms with van der Waals surface area (Å²) in [6.45, 7) is 1.03. The van der Waals surface area contributed by atoms with Gasteiger partial charge in [0.25, 0.3) is 0 Å². The molecule has 0 aliphatic heterocycles. The van der Waals surface area contributed by atoms with Gasteiger partial charge in [0, 0.05) is 22.6 Å². The molecule has 1 radical (unpaired) electrons. The maximum atomic E-state index is 14.2. The first-order valence-corrected chi connectivity index (χ1v) is 7.75. The molecule has 3 aromatic rings. The molecule has 1 N–H and O–H groups in total. The van der Waals surface area contributed by atoms with Crippen LogP contribution in [0.3, 0.4) is 0 Å². The molecule has 161 valence electrons. The summed E-state index contributed by atoms with van der Waals surface area (Å²) in [6.07, 6.45) is 0. The quantitative estimate of drug-likeness (QED) is 0.201. The first-order valence-electron chi connectivity index (χ1n) is 7.75. The van der Waals surface area contributed by atoms with Gasteiger partial charge in [-0.25, -0.2) is 30.7 Å². The predicted octanol–water partition coefficient (Wildman–Crippen LogP) is 3.96. The number of nitrogens with zero attached hydrogens (tertiary/aromatic N) is 3. The number of benzene rings is 2. The normalized spacial score (nSPS) is 10.5. The molecule has 31 heavy (non-hydrogen) atoms. The van der Waals surface area contributed by atoms with Crippen molar-refractivity contribution in [1.82, 2.24) is 9.78 Å². The molecule has 2 aromatic carbocycles. The zero-order valence-electron chi connectivity index (χ0n) is 14.9. The summed E-state index contributed by atoms with van der Waals surface area (Å²) in [7, 11) is 0. The van der Waals surface area contributed by atoms with Crippen LogP contribution in [0.5, 0.6) is 5.88 Å². The van der Waals surface area contributed by atoms with Crippen molar-refractivity contribution in [3.63, 3.8) is 0 Å². The molecule has 1 heterocycles. The molecule has 13 heteroatoms. The number of halogens is 7. The van der Waals surface area contributed by atoms with Crippen LogP contribution in [0.4, 0.5) is 30.7 Å². The van der Waals surface area contributed by atoms with Crippen LogP contribution >= 0.6 is 0 Å². The Morgan fingerprint density at radius 1 is 0.968 bits per heavy atom. The fourth-order valence-electron chi connectivity index (χ4n) is 2.67. The van der Waals surface area contributed by atoms with E-state index in [1.165, 1.54) is 0 Å². The first-order chi connectivity index (χ1) is 14.0. The third kappa shape index (κ3) is 3.64. The summed E-state index contributed by atoms with van der Waals surface area (Å²) in [5.41, 5.74) is -5.22. The summed E-state index contributed by atoms with van der Waals surface area (Å²) in [6, 6.07) is 1.54. The van der Waals surface area contributed by atoms with Crippen LogP contribution in [0.2, 0.25) is 0 Å². The van der Waals surface area contributed by atoms with Crippen LogP contribution in [0.1, 0.15) is 27.2 Å². The number of ketones is 1.